The van der Waals surface area contributed by atoms with Crippen LogP contribution in [0.5, 0.6) is 0 Å². The van der Waals surface area contributed by atoms with Crippen molar-refractivity contribution in [2.75, 3.05) is 30.4 Å². The fourth-order valence-corrected chi connectivity index (χ4v) is 3.74. The second-order valence-corrected chi connectivity index (χ2v) is 7.38. The first-order valence-corrected chi connectivity index (χ1v) is 9.67. The standard InChI is InChI=1S/C22H24FN3O2/c1-14-11-16(5-6-19(14)25-12-15-7-9-28-10-8-15)24-13-17-21-18(23)3-2-4-20(21)26-22(17)27/h2-6,11,13,15,17,25H,7-10,12H2,1H3,(H,26,27). The summed E-state index contributed by atoms with van der Waals surface area (Å²) in [5, 5.41) is 6.22. The molecule has 1 amide bonds. The van der Waals surface area contributed by atoms with Crippen LogP contribution in [0.3, 0.4) is 0 Å². The van der Waals surface area contributed by atoms with E-state index < -0.39 is 11.7 Å². The van der Waals surface area contributed by atoms with E-state index in [9.17, 15) is 9.18 Å². The molecule has 1 fully saturated rings. The Balaban J connectivity index is 1.44. The zero-order chi connectivity index (χ0) is 19.5. The Kier molecular flexibility index (Phi) is 5.39. The van der Waals surface area contributed by atoms with E-state index in [0.717, 1.165) is 49.5 Å². The van der Waals surface area contributed by atoms with E-state index in [1.54, 1.807) is 12.1 Å². The van der Waals surface area contributed by atoms with Crippen LogP contribution in [0.1, 0.15) is 29.9 Å². The average Bonchev–Trinajstić information content (AvgIpc) is 3.03. The number of nitrogens with zero attached hydrogens (tertiary/aromatic N) is 1. The highest BCUT2D eigenvalue weighted by Gasteiger charge is 2.31. The normalized spacial score (nSPS) is 19.6. The molecule has 2 aliphatic rings. The topological polar surface area (TPSA) is 62.7 Å². The van der Waals surface area contributed by atoms with Gasteiger partial charge in [-0.2, -0.15) is 0 Å². The molecule has 2 aromatic carbocycles. The zero-order valence-electron chi connectivity index (χ0n) is 15.9. The number of benzene rings is 2. The molecule has 2 aliphatic heterocycles. The van der Waals surface area contributed by atoms with Gasteiger partial charge in [0.15, 0.2) is 0 Å². The van der Waals surface area contributed by atoms with Crippen LogP contribution in [0.15, 0.2) is 41.4 Å². The third kappa shape index (κ3) is 3.92. The van der Waals surface area contributed by atoms with Gasteiger partial charge in [0.05, 0.1) is 5.69 Å². The lowest BCUT2D eigenvalue weighted by Crippen LogP contribution is -2.22. The van der Waals surface area contributed by atoms with Crippen molar-refractivity contribution in [2.24, 2.45) is 10.9 Å². The largest absolute Gasteiger partial charge is 0.385 e. The summed E-state index contributed by atoms with van der Waals surface area (Å²) in [6.07, 6.45) is 3.71. The highest BCUT2D eigenvalue weighted by atomic mass is 19.1. The number of fused-ring (bicyclic) bond motifs is 1. The van der Waals surface area contributed by atoms with Crippen LogP contribution in [0.4, 0.5) is 21.5 Å². The number of carbonyl (C=O) groups is 1. The number of aliphatic imine (C=N–C) groups is 1. The minimum Gasteiger partial charge on any atom is -0.385 e. The Bertz CT molecular complexity index is 907. The number of amides is 1. The summed E-state index contributed by atoms with van der Waals surface area (Å²) in [6.45, 7) is 4.66. The predicted molar refractivity (Wildman–Crippen MR) is 109 cm³/mol. The predicted octanol–water partition coefficient (Wildman–Crippen LogP) is 4.41. The molecule has 28 heavy (non-hydrogen) atoms. The van der Waals surface area contributed by atoms with Crippen LogP contribution in [0.2, 0.25) is 0 Å². The van der Waals surface area contributed by atoms with Crippen LogP contribution < -0.4 is 10.6 Å². The third-order valence-electron chi connectivity index (χ3n) is 5.41. The van der Waals surface area contributed by atoms with Gasteiger partial charge in [-0.15, -0.1) is 0 Å². The summed E-state index contributed by atoms with van der Waals surface area (Å²) in [6, 6.07) is 10.5. The SMILES string of the molecule is Cc1cc(N=CC2C(=O)Nc3cccc(F)c32)ccc1NCC1CCOCC1. The van der Waals surface area contributed by atoms with Gasteiger partial charge in [0.25, 0.3) is 0 Å². The highest BCUT2D eigenvalue weighted by molar-refractivity contribution is 6.12. The molecule has 0 aliphatic carbocycles. The molecule has 6 heteroatoms. The van der Waals surface area contributed by atoms with Crippen LogP contribution in [0.25, 0.3) is 0 Å². The van der Waals surface area contributed by atoms with Crippen molar-refractivity contribution >= 4 is 29.2 Å². The van der Waals surface area contributed by atoms with E-state index in [-0.39, 0.29) is 5.91 Å². The van der Waals surface area contributed by atoms with E-state index in [4.69, 9.17) is 4.74 Å². The Morgan fingerprint density at radius 3 is 2.89 bits per heavy atom. The van der Waals surface area contributed by atoms with Crippen molar-refractivity contribution in [3.8, 4) is 0 Å². The number of anilines is 2. The number of ether oxygens (including phenoxy) is 1. The van der Waals surface area contributed by atoms with Crippen LogP contribution >= 0.6 is 0 Å². The molecule has 1 atom stereocenters. The van der Waals surface area contributed by atoms with Gasteiger partial charge in [-0.05, 0) is 61.6 Å². The summed E-state index contributed by atoms with van der Waals surface area (Å²) in [5.41, 5.74) is 3.80. The number of nitrogens with one attached hydrogen (secondary N) is 2. The maximum Gasteiger partial charge on any atom is 0.237 e. The van der Waals surface area contributed by atoms with Gasteiger partial charge < -0.3 is 15.4 Å². The van der Waals surface area contributed by atoms with Crippen LogP contribution in [-0.4, -0.2) is 31.9 Å². The number of halogens is 1. The zero-order valence-corrected chi connectivity index (χ0v) is 15.9. The van der Waals surface area contributed by atoms with Crippen LogP contribution in [0, 0.1) is 18.7 Å². The molecule has 2 heterocycles. The quantitative estimate of drug-likeness (QED) is 0.754. The van der Waals surface area contributed by atoms with Gasteiger partial charge >= 0.3 is 0 Å². The second-order valence-electron chi connectivity index (χ2n) is 7.38. The minimum absolute atomic E-state index is 0.254. The van der Waals surface area contributed by atoms with Crippen molar-refractivity contribution in [1.29, 1.82) is 0 Å². The molecule has 146 valence electrons. The molecule has 0 radical (unpaired) electrons. The Labute approximate surface area is 164 Å². The lowest BCUT2D eigenvalue weighted by atomic mass is 10.00. The molecular weight excluding hydrogens is 357 g/mol. The molecule has 0 aromatic heterocycles. The van der Waals surface area contributed by atoms with E-state index >= 15 is 0 Å². The molecule has 2 N–H and O–H groups in total. The van der Waals surface area contributed by atoms with Crippen molar-refractivity contribution in [2.45, 2.75) is 25.7 Å². The molecule has 2 aromatic rings. The molecule has 1 unspecified atom stereocenters. The number of rotatable bonds is 5. The summed E-state index contributed by atoms with van der Waals surface area (Å²) in [7, 11) is 0. The summed E-state index contributed by atoms with van der Waals surface area (Å²) in [5.74, 6) is -0.712. The molecule has 4 rings (SSSR count). The summed E-state index contributed by atoms with van der Waals surface area (Å²) >= 11 is 0. The Hall–Kier alpha value is -2.73. The number of carbonyl (C=O) groups excluding carboxylic acids is 1. The van der Waals surface area contributed by atoms with E-state index in [0.29, 0.717) is 17.2 Å². The number of aryl methyl sites for hydroxylation is 1. The van der Waals surface area contributed by atoms with Gasteiger partial charge in [-0.3, -0.25) is 9.79 Å². The molecule has 1 saturated heterocycles. The fraction of sp³-hybridized carbons (Fsp3) is 0.364. The van der Waals surface area contributed by atoms with E-state index in [1.807, 2.05) is 25.1 Å². The van der Waals surface area contributed by atoms with Crippen LogP contribution in [-0.2, 0) is 9.53 Å². The monoisotopic (exact) mass is 381 g/mol. The van der Waals surface area contributed by atoms with Gasteiger partial charge in [0.2, 0.25) is 5.91 Å². The lowest BCUT2D eigenvalue weighted by Gasteiger charge is -2.23. The minimum atomic E-state index is -0.706. The molecule has 0 saturated carbocycles. The third-order valence-corrected chi connectivity index (χ3v) is 5.41. The smallest absolute Gasteiger partial charge is 0.237 e. The van der Waals surface area contributed by atoms with Gasteiger partial charge in [0.1, 0.15) is 11.7 Å². The van der Waals surface area contributed by atoms with Gasteiger partial charge in [0, 0.05) is 42.9 Å². The second kappa shape index (κ2) is 8.10. The van der Waals surface area contributed by atoms with Crippen molar-refractivity contribution in [1.82, 2.24) is 0 Å². The van der Waals surface area contributed by atoms with Crippen molar-refractivity contribution < 1.29 is 13.9 Å². The number of hydrogen-bond donors (Lipinski definition) is 2. The molecule has 0 spiro atoms. The van der Waals surface area contributed by atoms with Gasteiger partial charge in [-0.1, -0.05) is 6.07 Å². The highest BCUT2D eigenvalue weighted by Crippen LogP contribution is 2.34. The number of hydrogen-bond acceptors (Lipinski definition) is 4. The first kappa shape index (κ1) is 18.6. The maximum atomic E-state index is 14.1. The molecule has 0 bridgehead atoms. The fourth-order valence-electron chi connectivity index (χ4n) is 3.74. The first-order valence-electron chi connectivity index (χ1n) is 9.67. The van der Waals surface area contributed by atoms with Crippen molar-refractivity contribution in [3.63, 3.8) is 0 Å². The first-order chi connectivity index (χ1) is 13.6. The van der Waals surface area contributed by atoms with Crippen molar-refractivity contribution in [3.05, 3.63) is 53.3 Å². The van der Waals surface area contributed by atoms with E-state index in [2.05, 4.69) is 15.6 Å². The Morgan fingerprint density at radius 1 is 1.29 bits per heavy atom. The lowest BCUT2D eigenvalue weighted by molar-refractivity contribution is -0.115. The Morgan fingerprint density at radius 2 is 2.11 bits per heavy atom. The summed E-state index contributed by atoms with van der Waals surface area (Å²) < 4.78 is 19.5. The molecular formula is C22H24FN3O2. The average molecular weight is 381 g/mol. The summed E-state index contributed by atoms with van der Waals surface area (Å²) in [4.78, 5) is 16.6. The molecule has 5 nitrogen and oxygen atoms in total. The maximum absolute atomic E-state index is 14.1. The van der Waals surface area contributed by atoms with Gasteiger partial charge in [-0.25, -0.2) is 4.39 Å². The van der Waals surface area contributed by atoms with E-state index in [1.165, 1.54) is 12.3 Å².